The number of amides is 2. The summed E-state index contributed by atoms with van der Waals surface area (Å²) in [5.74, 6) is 2.52. The van der Waals surface area contributed by atoms with Crippen molar-refractivity contribution in [2.45, 2.75) is 50.5 Å². The van der Waals surface area contributed by atoms with E-state index in [1.807, 2.05) is 11.4 Å². The van der Waals surface area contributed by atoms with Crippen molar-refractivity contribution in [3.8, 4) is 0 Å². The number of nitrogens with one attached hydrogen (secondary N) is 2. The van der Waals surface area contributed by atoms with E-state index < -0.39 is 0 Å². The summed E-state index contributed by atoms with van der Waals surface area (Å²) in [6.07, 6.45) is 8.04. The monoisotopic (exact) mass is 332 g/mol. The van der Waals surface area contributed by atoms with Crippen molar-refractivity contribution in [2.75, 3.05) is 6.54 Å². The molecular weight excluding hydrogens is 308 g/mol. The maximum Gasteiger partial charge on any atom is 0.261 e. The van der Waals surface area contributed by atoms with Crippen LogP contribution < -0.4 is 10.6 Å². The fourth-order valence-electron chi connectivity index (χ4n) is 5.41. The number of carbonyl (C=O) groups is 2. The van der Waals surface area contributed by atoms with Gasteiger partial charge in [0.1, 0.15) is 0 Å². The van der Waals surface area contributed by atoms with Crippen molar-refractivity contribution in [3.63, 3.8) is 0 Å². The Hall–Kier alpha value is -1.36. The largest absolute Gasteiger partial charge is 0.351 e. The maximum atomic E-state index is 12.3. The van der Waals surface area contributed by atoms with Crippen molar-refractivity contribution >= 4 is 23.2 Å². The van der Waals surface area contributed by atoms with Crippen molar-refractivity contribution < 1.29 is 9.59 Å². The molecule has 0 unspecified atom stereocenters. The van der Waals surface area contributed by atoms with Gasteiger partial charge < -0.3 is 10.6 Å². The van der Waals surface area contributed by atoms with E-state index in [4.69, 9.17) is 0 Å². The summed E-state index contributed by atoms with van der Waals surface area (Å²) < 4.78 is 0. The quantitative estimate of drug-likeness (QED) is 0.871. The summed E-state index contributed by atoms with van der Waals surface area (Å²) in [5.41, 5.74) is 0.0730. The van der Waals surface area contributed by atoms with Gasteiger partial charge in [-0.25, -0.2) is 0 Å². The van der Waals surface area contributed by atoms with Gasteiger partial charge in [0.05, 0.1) is 4.88 Å². The highest BCUT2D eigenvalue weighted by molar-refractivity contribution is 7.12. The van der Waals surface area contributed by atoms with Crippen LogP contribution in [0.4, 0.5) is 0 Å². The van der Waals surface area contributed by atoms with Crippen LogP contribution in [0, 0.1) is 17.8 Å². The van der Waals surface area contributed by atoms with Gasteiger partial charge in [-0.15, -0.1) is 11.3 Å². The molecule has 0 spiro atoms. The number of thiophene rings is 1. The third-order valence-corrected chi connectivity index (χ3v) is 6.69. The van der Waals surface area contributed by atoms with Gasteiger partial charge in [0.15, 0.2) is 0 Å². The number of rotatable bonds is 5. The molecular formula is C18H24N2O2S. The molecule has 4 bridgehead atoms. The Morgan fingerprint density at radius 3 is 2.35 bits per heavy atom. The second-order valence-corrected chi connectivity index (χ2v) is 8.68. The number of carbonyl (C=O) groups excluding carboxylic acids is 2. The minimum atomic E-state index is -0.0809. The van der Waals surface area contributed by atoms with Crippen molar-refractivity contribution in [1.82, 2.24) is 10.6 Å². The average Bonchev–Trinajstić information content (AvgIpc) is 2.99. The molecule has 0 aliphatic heterocycles. The molecule has 4 nitrogen and oxygen atoms in total. The first-order valence-corrected chi connectivity index (χ1v) is 9.63. The van der Waals surface area contributed by atoms with E-state index in [0.717, 1.165) is 17.8 Å². The molecule has 5 heteroatoms. The Labute approximate surface area is 141 Å². The van der Waals surface area contributed by atoms with Crippen LogP contribution in [-0.4, -0.2) is 23.9 Å². The van der Waals surface area contributed by atoms with E-state index in [1.165, 1.54) is 49.9 Å². The lowest BCUT2D eigenvalue weighted by atomic mass is 9.53. The first kappa shape index (κ1) is 15.2. The molecule has 0 atom stereocenters. The smallest absolute Gasteiger partial charge is 0.261 e. The molecule has 0 radical (unpaired) electrons. The van der Waals surface area contributed by atoms with E-state index in [0.29, 0.717) is 17.8 Å². The van der Waals surface area contributed by atoms with Crippen LogP contribution in [0.3, 0.4) is 0 Å². The Bertz CT molecular complexity index is 561. The average molecular weight is 332 g/mol. The molecule has 1 aromatic heterocycles. The zero-order chi connectivity index (χ0) is 15.9. The lowest BCUT2D eigenvalue weighted by molar-refractivity contribution is -0.126. The molecule has 1 heterocycles. The van der Waals surface area contributed by atoms with E-state index >= 15 is 0 Å². The predicted octanol–water partition coefficient (Wildman–Crippen LogP) is 2.95. The standard InChI is InChI=1S/C18H24N2O2S/c21-16(3-4-19-17(22)15-2-1-5-23-15)20-18-9-12-6-13(10-18)8-14(7-12)11-18/h1-2,5,12-14H,3-4,6-11H2,(H,19,22)(H,20,21). The van der Waals surface area contributed by atoms with Crippen LogP contribution in [0.5, 0.6) is 0 Å². The Morgan fingerprint density at radius 1 is 1.13 bits per heavy atom. The molecule has 5 rings (SSSR count). The summed E-state index contributed by atoms with van der Waals surface area (Å²) in [7, 11) is 0. The number of hydrogen-bond donors (Lipinski definition) is 2. The van der Waals surface area contributed by atoms with Crippen molar-refractivity contribution in [2.24, 2.45) is 17.8 Å². The fourth-order valence-corrected chi connectivity index (χ4v) is 6.05. The molecule has 2 N–H and O–H groups in total. The van der Waals surface area contributed by atoms with E-state index in [2.05, 4.69) is 10.6 Å². The fraction of sp³-hybridized carbons (Fsp3) is 0.667. The minimum absolute atomic E-state index is 0.0730. The molecule has 4 aliphatic carbocycles. The first-order valence-electron chi connectivity index (χ1n) is 8.75. The van der Waals surface area contributed by atoms with Crippen LogP contribution in [-0.2, 0) is 4.79 Å². The van der Waals surface area contributed by atoms with Crippen LogP contribution in [0.1, 0.15) is 54.6 Å². The van der Waals surface area contributed by atoms with Gasteiger partial charge in [-0.2, -0.15) is 0 Å². The summed E-state index contributed by atoms with van der Waals surface area (Å²) in [6.45, 7) is 0.412. The molecule has 4 saturated carbocycles. The lowest BCUT2D eigenvalue weighted by Gasteiger charge is -2.56. The van der Waals surface area contributed by atoms with Crippen LogP contribution >= 0.6 is 11.3 Å². The molecule has 2 amide bonds. The first-order chi connectivity index (χ1) is 11.1. The van der Waals surface area contributed by atoms with Crippen molar-refractivity contribution in [1.29, 1.82) is 0 Å². The zero-order valence-electron chi connectivity index (χ0n) is 13.3. The molecule has 4 aliphatic rings. The number of hydrogen-bond acceptors (Lipinski definition) is 3. The van der Waals surface area contributed by atoms with Gasteiger partial charge in [0.25, 0.3) is 5.91 Å². The zero-order valence-corrected chi connectivity index (χ0v) is 14.2. The highest BCUT2D eigenvalue weighted by Crippen LogP contribution is 2.55. The highest BCUT2D eigenvalue weighted by Gasteiger charge is 2.51. The molecule has 0 aromatic carbocycles. The highest BCUT2D eigenvalue weighted by atomic mass is 32.1. The van der Waals surface area contributed by atoms with Gasteiger partial charge in [0.2, 0.25) is 5.91 Å². The Kier molecular flexibility index (Phi) is 3.92. The second-order valence-electron chi connectivity index (χ2n) is 7.73. The summed E-state index contributed by atoms with van der Waals surface area (Å²) >= 11 is 1.42. The summed E-state index contributed by atoms with van der Waals surface area (Å²) in [5, 5.41) is 8.06. The molecule has 23 heavy (non-hydrogen) atoms. The topological polar surface area (TPSA) is 58.2 Å². The van der Waals surface area contributed by atoms with Crippen LogP contribution in [0.2, 0.25) is 0 Å². The molecule has 124 valence electrons. The Balaban J connectivity index is 1.27. The maximum absolute atomic E-state index is 12.3. The van der Waals surface area contributed by atoms with Gasteiger partial charge in [-0.05, 0) is 67.7 Å². The third-order valence-electron chi connectivity index (χ3n) is 5.83. The van der Waals surface area contributed by atoms with Gasteiger partial charge in [-0.1, -0.05) is 6.07 Å². The van der Waals surface area contributed by atoms with Crippen LogP contribution in [0.15, 0.2) is 17.5 Å². The molecule has 4 fully saturated rings. The van der Waals surface area contributed by atoms with E-state index in [9.17, 15) is 9.59 Å². The normalized spacial score (nSPS) is 34.3. The van der Waals surface area contributed by atoms with Gasteiger partial charge in [-0.3, -0.25) is 9.59 Å². The molecule has 0 saturated heterocycles. The lowest BCUT2D eigenvalue weighted by Crippen LogP contribution is -2.60. The SMILES string of the molecule is O=C(CCNC(=O)c1cccs1)NC12CC3CC(CC(C3)C1)C2. The van der Waals surface area contributed by atoms with E-state index in [1.54, 1.807) is 6.07 Å². The Morgan fingerprint density at radius 2 is 1.78 bits per heavy atom. The molecule has 1 aromatic rings. The second kappa shape index (κ2) is 5.93. The summed E-state index contributed by atoms with van der Waals surface area (Å²) in [4.78, 5) is 24.9. The predicted molar refractivity (Wildman–Crippen MR) is 90.3 cm³/mol. The minimum Gasteiger partial charge on any atom is -0.351 e. The third kappa shape index (κ3) is 3.16. The van der Waals surface area contributed by atoms with Gasteiger partial charge >= 0.3 is 0 Å². The van der Waals surface area contributed by atoms with Crippen LogP contribution in [0.25, 0.3) is 0 Å². The van der Waals surface area contributed by atoms with Crippen molar-refractivity contribution in [3.05, 3.63) is 22.4 Å². The van der Waals surface area contributed by atoms with Gasteiger partial charge in [0, 0.05) is 18.5 Å². The summed E-state index contributed by atoms with van der Waals surface area (Å²) in [6, 6.07) is 3.66. The van der Waals surface area contributed by atoms with E-state index in [-0.39, 0.29) is 17.4 Å².